The first kappa shape index (κ1) is 13.1. The Kier molecular flexibility index (Phi) is 4.39. The molecule has 1 fully saturated rings. The summed E-state index contributed by atoms with van der Waals surface area (Å²) in [6.07, 6.45) is 6.32. The van der Waals surface area contributed by atoms with Crippen LogP contribution in [0, 0.1) is 0 Å². The SMILES string of the molecule is CC(C)c1nc(N2CCCCCCC2)cc(=O)[nH]1. The van der Waals surface area contributed by atoms with E-state index >= 15 is 0 Å². The third-order valence-electron chi connectivity index (χ3n) is 3.47. The van der Waals surface area contributed by atoms with Gasteiger partial charge in [0.05, 0.1) is 0 Å². The summed E-state index contributed by atoms with van der Waals surface area (Å²) in [5.74, 6) is 1.90. The number of anilines is 1. The molecule has 1 aliphatic rings. The molecule has 4 nitrogen and oxygen atoms in total. The molecule has 0 radical (unpaired) electrons. The Morgan fingerprint density at radius 2 is 1.78 bits per heavy atom. The molecule has 18 heavy (non-hydrogen) atoms. The van der Waals surface area contributed by atoms with E-state index in [0.29, 0.717) is 0 Å². The number of aromatic nitrogens is 2. The molecule has 1 saturated heterocycles. The lowest BCUT2D eigenvalue weighted by molar-refractivity contribution is 0.552. The van der Waals surface area contributed by atoms with E-state index in [1.807, 2.05) is 0 Å². The molecule has 1 N–H and O–H groups in total. The fourth-order valence-electron chi connectivity index (χ4n) is 2.38. The first-order valence-corrected chi connectivity index (χ1v) is 7.03. The van der Waals surface area contributed by atoms with Crippen LogP contribution in [-0.2, 0) is 0 Å². The number of hydrogen-bond acceptors (Lipinski definition) is 3. The largest absolute Gasteiger partial charge is 0.356 e. The second kappa shape index (κ2) is 6.03. The number of aromatic amines is 1. The van der Waals surface area contributed by atoms with Gasteiger partial charge in [-0.25, -0.2) is 4.98 Å². The number of H-pyrrole nitrogens is 1. The van der Waals surface area contributed by atoms with Crippen molar-refractivity contribution in [2.75, 3.05) is 18.0 Å². The number of hydrogen-bond donors (Lipinski definition) is 1. The first-order valence-electron chi connectivity index (χ1n) is 7.03. The van der Waals surface area contributed by atoms with E-state index in [4.69, 9.17) is 0 Å². The van der Waals surface area contributed by atoms with Crippen LogP contribution in [0.25, 0.3) is 0 Å². The molecule has 2 rings (SSSR count). The van der Waals surface area contributed by atoms with Gasteiger partial charge in [-0.1, -0.05) is 33.1 Å². The number of rotatable bonds is 2. The minimum Gasteiger partial charge on any atom is -0.356 e. The predicted octanol–water partition coefficient (Wildman–Crippen LogP) is 2.66. The normalized spacial score (nSPS) is 17.6. The van der Waals surface area contributed by atoms with Crippen LogP contribution in [0.4, 0.5) is 5.82 Å². The monoisotopic (exact) mass is 249 g/mol. The standard InChI is InChI=1S/C14H23N3O/c1-11(2)14-15-12(10-13(18)16-14)17-8-6-4-3-5-7-9-17/h10-11H,3-9H2,1-2H3,(H,15,16,18). The molecule has 0 spiro atoms. The minimum absolute atomic E-state index is 0.0363. The molecule has 0 atom stereocenters. The van der Waals surface area contributed by atoms with Crippen LogP contribution in [0.5, 0.6) is 0 Å². The fourth-order valence-corrected chi connectivity index (χ4v) is 2.38. The smallest absolute Gasteiger partial charge is 0.252 e. The average Bonchev–Trinajstić information content (AvgIpc) is 2.27. The highest BCUT2D eigenvalue weighted by Crippen LogP contribution is 2.17. The molecule has 100 valence electrons. The van der Waals surface area contributed by atoms with Crippen molar-refractivity contribution in [1.29, 1.82) is 0 Å². The van der Waals surface area contributed by atoms with Crippen LogP contribution in [0.1, 0.15) is 57.7 Å². The van der Waals surface area contributed by atoms with Crippen molar-refractivity contribution in [1.82, 2.24) is 9.97 Å². The maximum Gasteiger partial charge on any atom is 0.252 e. The third-order valence-corrected chi connectivity index (χ3v) is 3.47. The van der Waals surface area contributed by atoms with Gasteiger partial charge in [-0.2, -0.15) is 0 Å². The van der Waals surface area contributed by atoms with Crippen LogP contribution >= 0.6 is 0 Å². The molecule has 0 aromatic carbocycles. The van der Waals surface area contributed by atoms with Crippen LogP contribution in [0.2, 0.25) is 0 Å². The highest BCUT2D eigenvalue weighted by Gasteiger charge is 2.13. The van der Waals surface area contributed by atoms with Crippen molar-refractivity contribution in [3.05, 3.63) is 22.2 Å². The predicted molar refractivity (Wildman–Crippen MR) is 74.2 cm³/mol. The van der Waals surface area contributed by atoms with Crippen LogP contribution in [-0.4, -0.2) is 23.1 Å². The summed E-state index contributed by atoms with van der Waals surface area (Å²) >= 11 is 0. The zero-order valence-corrected chi connectivity index (χ0v) is 11.4. The van der Waals surface area contributed by atoms with Gasteiger partial charge in [0.25, 0.3) is 5.56 Å². The quantitative estimate of drug-likeness (QED) is 0.876. The second-order valence-electron chi connectivity index (χ2n) is 5.40. The molecule has 0 saturated carbocycles. The summed E-state index contributed by atoms with van der Waals surface area (Å²) in [4.78, 5) is 21.4. The molecule has 0 unspecified atom stereocenters. The first-order chi connectivity index (χ1) is 8.66. The van der Waals surface area contributed by atoms with E-state index in [1.165, 1.54) is 32.1 Å². The van der Waals surface area contributed by atoms with E-state index in [9.17, 15) is 4.79 Å². The van der Waals surface area contributed by atoms with E-state index in [0.717, 1.165) is 24.7 Å². The maximum absolute atomic E-state index is 11.7. The lowest BCUT2D eigenvalue weighted by atomic mass is 10.1. The summed E-state index contributed by atoms with van der Waals surface area (Å²) in [5.41, 5.74) is -0.0363. The highest BCUT2D eigenvalue weighted by molar-refractivity contribution is 5.37. The van der Waals surface area contributed by atoms with Gasteiger partial charge >= 0.3 is 0 Å². The van der Waals surface area contributed by atoms with Crippen LogP contribution in [0.15, 0.2) is 10.9 Å². The molecule has 2 heterocycles. The van der Waals surface area contributed by atoms with Crippen molar-refractivity contribution in [3.8, 4) is 0 Å². The zero-order valence-electron chi connectivity index (χ0n) is 11.4. The molecular formula is C14H23N3O. The van der Waals surface area contributed by atoms with Gasteiger partial charge in [0.2, 0.25) is 0 Å². The number of nitrogens with one attached hydrogen (secondary N) is 1. The van der Waals surface area contributed by atoms with Crippen molar-refractivity contribution in [2.24, 2.45) is 0 Å². The van der Waals surface area contributed by atoms with Gasteiger partial charge in [-0.05, 0) is 12.8 Å². The highest BCUT2D eigenvalue weighted by atomic mass is 16.1. The lowest BCUT2D eigenvalue weighted by Gasteiger charge is -2.26. The Hall–Kier alpha value is -1.32. The van der Waals surface area contributed by atoms with Gasteiger partial charge in [0.15, 0.2) is 0 Å². The molecule has 0 aliphatic carbocycles. The molecular weight excluding hydrogens is 226 g/mol. The van der Waals surface area contributed by atoms with Crippen molar-refractivity contribution < 1.29 is 0 Å². The molecule has 1 aromatic heterocycles. The van der Waals surface area contributed by atoms with E-state index < -0.39 is 0 Å². The molecule has 0 bridgehead atoms. The van der Waals surface area contributed by atoms with E-state index in [2.05, 4.69) is 28.7 Å². The molecule has 1 aliphatic heterocycles. The molecule has 1 aromatic rings. The number of nitrogens with zero attached hydrogens (tertiary/aromatic N) is 2. The minimum atomic E-state index is -0.0363. The third kappa shape index (κ3) is 3.34. The van der Waals surface area contributed by atoms with Gasteiger partial charge in [-0.3, -0.25) is 4.79 Å². The van der Waals surface area contributed by atoms with Crippen LogP contribution < -0.4 is 10.5 Å². The fraction of sp³-hybridized carbons (Fsp3) is 0.714. The Balaban J connectivity index is 2.22. The van der Waals surface area contributed by atoms with Crippen molar-refractivity contribution >= 4 is 5.82 Å². The van der Waals surface area contributed by atoms with Gasteiger partial charge in [0, 0.05) is 25.1 Å². The van der Waals surface area contributed by atoms with Gasteiger partial charge < -0.3 is 9.88 Å². The summed E-state index contributed by atoms with van der Waals surface area (Å²) in [6.45, 7) is 6.15. The Morgan fingerprint density at radius 1 is 1.17 bits per heavy atom. The van der Waals surface area contributed by atoms with E-state index in [-0.39, 0.29) is 11.5 Å². The zero-order chi connectivity index (χ0) is 13.0. The van der Waals surface area contributed by atoms with Crippen molar-refractivity contribution in [2.45, 2.75) is 51.9 Å². The van der Waals surface area contributed by atoms with Crippen LogP contribution in [0.3, 0.4) is 0 Å². The molecule has 4 heteroatoms. The average molecular weight is 249 g/mol. The summed E-state index contributed by atoms with van der Waals surface area (Å²) < 4.78 is 0. The summed E-state index contributed by atoms with van der Waals surface area (Å²) in [7, 11) is 0. The second-order valence-corrected chi connectivity index (χ2v) is 5.40. The lowest BCUT2D eigenvalue weighted by Crippen LogP contribution is -2.29. The summed E-state index contributed by atoms with van der Waals surface area (Å²) in [5, 5.41) is 0. The Labute approximate surface area is 108 Å². The molecule has 0 amide bonds. The summed E-state index contributed by atoms with van der Waals surface area (Å²) in [6, 6.07) is 1.63. The Bertz CT molecular complexity index is 431. The maximum atomic E-state index is 11.7. The van der Waals surface area contributed by atoms with E-state index in [1.54, 1.807) is 6.07 Å². The van der Waals surface area contributed by atoms with Crippen molar-refractivity contribution in [3.63, 3.8) is 0 Å². The van der Waals surface area contributed by atoms with Gasteiger partial charge in [-0.15, -0.1) is 0 Å². The Morgan fingerprint density at radius 3 is 2.39 bits per heavy atom. The topological polar surface area (TPSA) is 49.0 Å². The van der Waals surface area contributed by atoms with Gasteiger partial charge in [0.1, 0.15) is 11.6 Å².